The Morgan fingerprint density at radius 2 is 1.82 bits per heavy atom. The molecule has 3 N–H and O–H groups in total. The first kappa shape index (κ1) is 22.6. The molecule has 0 bridgehead atoms. The lowest BCUT2D eigenvalue weighted by Crippen LogP contribution is -2.40. The number of carbonyl (C=O) groups is 1. The molecule has 9 heteroatoms. The number of hydrogen-bond donors (Lipinski definition) is 3. The second kappa shape index (κ2) is 10.8. The van der Waals surface area contributed by atoms with Crippen molar-refractivity contribution < 1.29 is 9.90 Å². The molecule has 0 amide bonds. The van der Waals surface area contributed by atoms with E-state index in [1.807, 2.05) is 70.1 Å². The summed E-state index contributed by atoms with van der Waals surface area (Å²) in [4.78, 5) is 21.4. The summed E-state index contributed by atoms with van der Waals surface area (Å²) in [6.07, 6.45) is 4.45. The van der Waals surface area contributed by atoms with E-state index >= 15 is 0 Å². The first-order chi connectivity index (χ1) is 16.1. The Labute approximate surface area is 196 Å². The highest BCUT2D eigenvalue weighted by Gasteiger charge is 2.26. The topological polar surface area (TPSA) is 103 Å². The largest absolute Gasteiger partial charge is 0.480 e. The lowest BCUT2D eigenvalue weighted by Gasteiger charge is -2.28. The second-order valence-electron chi connectivity index (χ2n) is 7.83. The fourth-order valence-electron chi connectivity index (χ4n) is 3.92. The van der Waals surface area contributed by atoms with Crippen LogP contribution in [0.15, 0.2) is 73.2 Å². The molecule has 170 valence electrons. The van der Waals surface area contributed by atoms with Crippen LogP contribution < -0.4 is 0 Å². The number of imidazole rings is 1. The molecule has 0 radical (unpaired) electrons. The van der Waals surface area contributed by atoms with Gasteiger partial charge in [-0.2, -0.15) is 5.10 Å². The Morgan fingerprint density at radius 1 is 1.09 bits per heavy atom. The number of carboxylic acids is 1. The number of nitrogens with zero attached hydrogens (tertiary/aromatic N) is 4. The molecule has 1 atom stereocenters. The number of H-pyrrole nitrogens is 2. The number of nitrogens with one attached hydrogen (secondary N) is 2. The van der Waals surface area contributed by atoms with Gasteiger partial charge in [-0.25, -0.2) is 4.98 Å². The van der Waals surface area contributed by atoms with Crippen molar-refractivity contribution in [2.24, 2.45) is 0 Å². The molecule has 0 saturated carbocycles. The first-order valence-corrected chi connectivity index (χ1v) is 11.2. The van der Waals surface area contributed by atoms with Crippen molar-refractivity contribution in [1.29, 1.82) is 0 Å². The molecular weight excluding hydrogens is 436 g/mol. The maximum atomic E-state index is 12.3. The van der Waals surface area contributed by atoms with E-state index in [2.05, 4.69) is 20.2 Å². The van der Waals surface area contributed by atoms with E-state index in [0.717, 1.165) is 22.6 Å². The summed E-state index contributed by atoms with van der Waals surface area (Å²) in [5, 5.41) is 17.3. The van der Waals surface area contributed by atoms with Crippen molar-refractivity contribution in [1.82, 2.24) is 29.6 Å². The molecule has 0 aliphatic carbocycles. The van der Waals surface area contributed by atoms with Gasteiger partial charge in [0.25, 0.3) is 0 Å². The van der Waals surface area contributed by atoms with E-state index in [4.69, 9.17) is 12.2 Å². The Hall–Kier alpha value is -3.56. The lowest BCUT2D eigenvalue weighted by atomic mass is 10.1. The summed E-state index contributed by atoms with van der Waals surface area (Å²) in [5.41, 5.74) is 2.90. The number of aliphatic carboxylic acids is 1. The van der Waals surface area contributed by atoms with Crippen LogP contribution in [-0.4, -0.2) is 46.8 Å². The molecule has 8 nitrogen and oxygen atoms in total. The van der Waals surface area contributed by atoms with Crippen molar-refractivity contribution in [3.8, 4) is 11.4 Å². The van der Waals surface area contributed by atoms with Crippen LogP contribution in [0.2, 0.25) is 0 Å². The molecule has 0 aliphatic rings. The van der Waals surface area contributed by atoms with Crippen molar-refractivity contribution in [2.75, 3.05) is 0 Å². The highest BCUT2D eigenvalue weighted by atomic mass is 32.1. The minimum Gasteiger partial charge on any atom is -0.480 e. The summed E-state index contributed by atoms with van der Waals surface area (Å²) in [6.45, 7) is 1.57. The van der Waals surface area contributed by atoms with Gasteiger partial charge in [0.2, 0.25) is 0 Å². The van der Waals surface area contributed by atoms with Crippen molar-refractivity contribution in [2.45, 2.75) is 38.5 Å². The van der Waals surface area contributed by atoms with Gasteiger partial charge in [-0.15, -0.1) is 0 Å². The molecule has 0 saturated heterocycles. The van der Waals surface area contributed by atoms with Crippen LogP contribution in [0.4, 0.5) is 0 Å². The predicted molar refractivity (Wildman–Crippen MR) is 128 cm³/mol. The average molecular weight is 463 g/mol. The summed E-state index contributed by atoms with van der Waals surface area (Å²) in [5.74, 6) is -0.0874. The monoisotopic (exact) mass is 462 g/mol. The fourth-order valence-corrected chi connectivity index (χ4v) is 4.15. The highest BCUT2D eigenvalue weighted by Crippen LogP contribution is 2.20. The Balaban J connectivity index is 1.50. The fraction of sp³-hybridized carbons (Fsp3) is 0.250. The van der Waals surface area contributed by atoms with Crippen LogP contribution in [0.3, 0.4) is 0 Å². The zero-order chi connectivity index (χ0) is 23.0. The van der Waals surface area contributed by atoms with Crippen LogP contribution in [0, 0.1) is 4.77 Å². The third-order valence-corrected chi connectivity index (χ3v) is 5.84. The molecular formula is C24H26N6O2S. The van der Waals surface area contributed by atoms with Crippen LogP contribution in [0.25, 0.3) is 11.4 Å². The molecule has 2 heterocycles. The molecule has 4 rings (SSSR count). The third kappa shape index (κ3) is 5.82. The SMILES string of the molecule is O=C(O)[C@H](CCCn1c(-c2ccccc2)n[nH]c1=S)N(Cc1ccccc1)Cc1cnc[nH]1. The Morgan fingerprint density at radius 3 is 2.48 bits per heavy atom. The molecule has 4 aromatic rings. The van der Waals surface area contributed by atoms with E-state index in [1.165, 1.54) is 0 Å². The zero-order valence-electron chi connectivity index (χ0n) is 18.1. The molecule has 2 aromatic carbocycles. The molecule has 0 unspecified atom stereocenters. The standard InChI is InChI=1S/C24H26N6O2S/c31-23(32)21(29(16-20-14-25-17-26-20)15-18-8-3-1-4-9-18)12-7-13-30-22(27-28-24(30)33)19-10-5-2-6-11-19/h1-6,8-11,14,17,21H,7,12-13,15-16H2,(H,25,26)(H,28,33)(H,31,32)/t21-/m0/s1. The smallest absolute Gasteiger partial charge is 0.320 e. The van der Waals surface area contributed by atoms with E-state index in [1.54, 1.807) is 12.5 Å². The van der Waals surface area contributed by atoms with Crippen molar-refractivity contribution in [3.63, 3.8) is 0 Å². The van der Waals surface area contributed by atoms with Crippen LogP contribution in [-0.2, 0) is 24.4 Å². The van der Waals surface area contributed by atoms with Crippen LogP contribution >= 0.6 is 12.2 Å². The van der Waals surface area contributed by atoms with Crippen molar-refractivity contribution in [3.05, 3.63) is 89.2 Å². The van der Waals surface area contributed by atoms with Gasteiger partial charge in [0.05, 0.1) is 6.33 Å². The van der Waals surface area contributed by atoms with Gasteiger partial charge in [-0.05, 0) is 30.6 Å². The zero-order valence-corrected chi connectivity index (χ0v) is 18.9. The lowest BCUT2D eigenvalue weighted by molar-refractivity contribution is -0.144. The van der Waals surface area contributed by atoms with E-state index in [0.29, 0.717) is 37.2 Å². The number of carboxylic acid groups (broad SMARTS) is 1. The summed E-state index contributed by atoms with van der Waals surface area (Å²) in [7, 11) is 0. The van der Waals surface area contributed by atoms with Gasteiger partial charge >= 0.3 is 5.97 Å². The third-order valence-electron chi connectivity index (χ3n) is 5.53. The number of benzene rings is 2. The number of aromatic nitrogens is 5. The summed E-state index contributed by atoms with van der Waals surface area (Å²) < 4.78 is 2.46. The van der Waals surface area contributed by atoms with Crippen LogP contribution in [0.5, 0.6) is 0 Å². The number of aromatic amines is 2. The summed E-state index contributed by atoms with van der Waals surface area (Å²) >= 11 is 5.43. The summed E-state index contributed by atoms with van der Waals surface area (Å²) in [6, 6.07) is 19.1. The average Bonchev–Trinajstić information content (AvgIpc) is 3.47. The van der Waals surface area contributed by atoms with E-state index in [-0.39, 0.29) is 0 Å². The quantitative estimate of drug-likeness (QED) is 0.288. The number of rotatable bonds is 11. The normalized spacial score (nSPS) is 12.2. The maximum Gasteiger partial charge on any atom is 0.320 e. The molecule has 2 aromatic heterocycles. The van der Waals surface area contributed by atoms with Gasteiger partial charge in [-0.3, -0.25) is 14.8 Å². The van der Waals surface area contributed by atoms with E-state index in [9.17, 15) is 9.90 Å². The Bertz CT molecular complexity index is 1200. The molecule has 0 spiro atoms. The molecule has 33 heavy (non-hydrogen) atoms. The van der Waals surface area contributed by atoms with E-state index < -0.39 is 12.0 Å². The van der Waals surface area contributed by atoms with Crippen LogP contribution in [0.1, 0.15) is 24.1 Å². The van der Waals surface area contributed by atoms with Gasteiger partial charge in [0, 0.05) is 37.1 Å². The molecule has 0 aliphatic heterocycles. The first-order valence-electron chi connectivity index (χ1n) is 10.8. The van der Waals surface area contributed by atoms with Gasteiger partial charge in [-0.1, -0.05) is 60.7 Å². The number of hydrogen-bond acceptors (Lipinski definition) is 5. The van der Waals surface area contributed by atoms with Gasteiger partial charge < -0.3 is 14.7 Å². The Kier molecular flexibility index (Phi) is 7.43. The maximum absolute atomic E-state index is 12.3. The predicted octanol–water partition coefficient (Wildman–Crippen LogP) is 4.27. The minimum absolute atomic E-state index is 0.465. The minimum atomic E-state index is -0.843. The van der Waals surface area contributed by atoms with Crippen molar-refractivity contribution >= 4 is 18.2 Å². The molecule has 0 fully saturated rings. The highest BCUT2D eigenvalue weighted by molar-refractivity contribution is 7.71. The van der Waals surface area contributed by atoms with Gasteiger partial charge in [0.15, 0.2) is 10.6 Å². The van der Waals surface area contributed by atoms with Gasteiger partial charge in [0.1, 0.15) is 6.04 Å². The second-order valence-corrected chi connectivity index (χ2v) is 8.22.